The van der Waals surface area contributed by atoms with Crippen molar-refractivity contribution in [3.8, 4) is 0 Å². The van der Waals surface area contributed by atoms with Crippen molar-refractivity contribution in [3.05, 3.63) is 41.4 Å². The molecule has 1 N–H and O–H groups in total. The molecule has 4 nitrogen and oxygen atoms in total. The maximum Gasteiger partial charge on any atom is 0.228 e. The highest BCUT2D eigenvalue weighted by atomic mass is 35.5. The minimum absolute atomic E-state index is 0.0187. The molecule has 0 heterocycles. The van der Waals surface area contributed by atoms with Gasteiger partial charge in [0.2, 0.25) is 5.91 Å². The number of anilines is 1. The molecule has 0 spiro atoms. The van der Waals surface area contributed by atoms with Crippen molar-refractivity contribution in [2.24, 2.45) is 35.5 Å². The quantitative estimate of drug-likeness (QED) is 0.863. The van der Waals surface area contributed by atoms with Gasteiger partial charge in [0, 0.05) is 22.6 Å². The second-order valence-corrected chi connectivity index (χ2v) is 6.91. The Morgan fingerprint density at radius 1 is 1.05 bits per heavy atom. The maximum atomic E-state index is 12.7. The van der Waals surface area contributed by atoms with E-state index >= 15 is 0 Å². The molecule has 0 radical (unpaired) electrons. The van der Waals surface area contributed by atoms with Gasteiger partial charge >= 0.3 is 0 Å². The van der Waals surface area contributed by atoms with Crippen molar-refractivity contribution < 1.29 is 14.7 Å². The predicted molar refractivity (Wildman–Crippen MR) is 79.8 cm³/mol. The molecule has 4 aliphatic rings. The number of carbonyl (C=O) groups excluding carboxylic acids is 2. The largest absolute Gasteiger partial charge is 0.550 e. The number of rotatable bonds is 3. The van der Waals surface area contributed by atoms with E-state index in [2.05, 4.69) is 5.32 Å². The molecule has 1 aromatic carbocycles. The number of carboxylic acid groups (broad SMARTS) is 1. The molecule has 22 heavy (non-hydrogen) atoms. The fraction of sp³-hybridized carbons (Fsp3) is 0.412. The van der Waals surface area contributed by atoms with Crippen LogP contribution in [0.5, 0.6) is 0 Å². The number of halogens is 1. The van der Waals surface area contributed by atoms with Gasteiger partial charge < -0.3 is 15.2 Å². The monoisotopic (exact) mass is 316 g/mol. The zero-order valence-electron chi connectivity index (χ0n) is 11.7. The average molecular weight is 317 g/mol. The Kier molecular flexibility index (Phi) is 3.05. The predicted octanol–water partition coefficient (Wildman–Crippen LogP) is 1.71. The van der Waals surface area contributed by atoms with Crippen LogP contribution in [0.15, 0.2) is 36.4 Å². The van der Waals surface area contributed by atoms with E-state index in [1.165, 1.54) is 0 Å². The number of carbonyl (C=O) groups is 2. The Morgan fingerprint density at radius 3 is 2.23 bits per heavy atom. The number of amides is 1. The lowest BCUT2D eigenvalue weighted by Crippen LogP contribution is -2.52. The van der Waals surface area contributed by atoms with E-state index in [1.807, 2.05) is 12.2 Å². The van der Waals surface area contributed by atoms with Gasteiger partial charge in [-0.15, -0.1) is 0 Å². The SMILES string of the molecule is O=C([O-])C1C2C=CC(C3CC23)C1C(=O)Nc1ccc(Cl)cc1. The van der Waals surface area contributed by atoms with Gasteiger partial charge in [0.1, 0.15) is 0 Å². The molecule has 2 fully saturated rings. The summed E-state index contributed by atoms with van der Waals surface area (Å²) in [5.74, 6) is -1.75. The molecule has 0 aromatic heterocycles. The third-order valence-corrected chi connectivity index (χ3v) is 5.59. The summed E-state index contributed by atoms with van der Waals surface area (Å²) in [6, 6.07) is 6.81. The molecular weight excluding hydrogens is 302 g/mol. The molecule has 0 aliphatic heterocycles. The molecule has 1 amide bonds. The van der Waals surface area contributed by atoms with Gasteiger partial charge in [-0.1, -0.05) is 23.8 Å². The van der Waals surface area contributed by atoms with E-state index < -0.39 is 17.8 Å². The fourth-order valence-corrected chi connectivity index (χ4v) is 4.44. The van der Waals surface area contributed by atoms with Crippen molar-refractivity contribution in [3.63, 3.8) is 0 Å². The lowest BCUT2D eigenvalue weighted by atomic mass is 9.62. The van der Waals surface area contributed by atoms with Gasteiger partial charge in [-0.05, 0) is 54.4 Å². The molecule has 2 bridgehead atoms. The second-order valence-electron chi connectivity index (χ2n) is 6.47. The summed E-state index contributed by atoms with van der Waals surface area (Å²) in [5.41, 5.74) is 0.629. The van der Waals surface area contributed by atoms with Gasteiger partial charge in [-0.3, -0.25) is 4.79 Å². The lowest BCUT2D eigenvalue weighted by molar-refractivity contribution is -0.316. The normalized spacial score (nSPS) is 37.5. The number of aliphatic carboxylic acids is 1. The Morgan fingerprint density at radius 2 is 1.64 bits per heavy atom. The zero-order chi connectivity index (χ0) is 15.4. The van der Waals surface area contributed by atoms with Gasteiger partial charge in [-0.2, -0.15) is 0 Å². The van der Waals surface area contributed by atoms with E-state index in [4.69, 9.17) is 11.6 Å². The van der Waals surface area contributed by atoms with Crippen molar-refractivity contribution in [1.82, 2.24) is 0 Å². The Hall–Kier alpha value is -1.81. The number of hydrogen-bond donors (Lipinski definition) is 1. The van der Waals surface area contributed by atoms with Crippen LogP contribution < -0.4 is 10.4 Å². The Labute approximate surface area is 133 Å². The van der Waals surface area contributed by atoms with E-state index in [1.54, 1.807) is 24.3 Å². The molecular formula is C17H15ClNO3-. The second kappa shape index (κ2) is 4.85. The summed E-state index contributed by atoms with van der Waals surface area (Å²) >= 11 is 5.83. The highest BCUT2D eigenvalue weighted by molar-refractivity contribution is 6.30. The number of benzene rings is 1. The zero-order valence-corrected chi connectivity index (χ0v) is 12.5. The van der Waals surface area contributed by atoms with Crippen molar-refractivity contribution in [1.29, 1.82) is 0 Å². The van der Waals surface area contributed by atoms with Crippen LogP contribution in [0.3, 0.4) is 0 Å². The van der Waals surface area contributed by atoms with Gasteiger partial charge in [0.25, 0.3) is 0 Å². The van der Waals surface area contributed by atoms with Gasteiger partial charge in [-0.25, -0.2) is 0 Å². The molecule has 2 saturated carbocycles. The molecule has 114 valence electrons. The summed E-state index contributed by atoms with van der Waals surface area (Å²) in [7, 11) is 0. The summed E-state index contributed by atoms with van der Waals surface area (Å²) in [5, 5.41) is 15.0. The summed E-state index contributed by atoms with van der Waals surface area (Å²) in [6.07, 6.45) is 5.03. The number of fused-ring (bicyclic) bond motifs is 1. The van der Waals surface area contributed by atoms with Crippen molar-refractivity contribution in [2.75, 3.05) is 5.32 Å². The number of allylic oxidation sites excluding steroid dienone is 2. The Bertz CT molecular complexity index is 669. The lowest BCUT2D eigenvalue weighted by Gasteiger charge is -2.44. The van der Waals surface area contributed by atoms with Crippen LogP contribution in [0.2, 0.25) is 5.02 Å². The standard InChI is InChI=1S/C17H16ClNO3/c18-8-1-3-9(4-2-8)19-16(20)14-10-5-6-11(13-7-12(10)13)15(14)17(21)22/h1-6,10-15H,7H2,(H,19,20)(H,21,22)/p-1. The topological polar surface area (TPSA) is 69.2 Å². The average Bonchev–Trinajstić information content (AvgIpc) is 3.30. The van der Waals surface area contributed by atoms with Crippen LogP contribution in [0.4, 0.5) is 5.69 Å². The summed E-state index contributed by atoms with van der Waals surface area (Å²) < 4.78 is 0. The van der Waals surface area contributed by atoms with Crippen LogP contribution in [0.25, 0.3) is 0 Å². The Balaban J connectivity index is 1.60. The van der Waals surface area contributed by atoms with Crippen molar-refractivity contribution in [2.45, 2.75) is 6.42 Å². The molecule has 6 atom stereocenters. The third-order valence-electron chi connectivity index (χ3n) is 5.34. The van der Waals surface area contributed by atoms with Crippen LogP contribution in [-0.4, -0.2) is 11.9 Å². The smallest absolute Gasteiger partial charge is 0.228 e. The highest BCUT2D eigenvalue weighted by Crippen LogP contribution is 2.63. The third kappa shape index (κ3) is 2.05. The number of carboxylic acids is 1. The molecule has 5 rings (SSSR count). The first-order valence-electron chi connectivity index (χ1n) is 7.52. The van der Waals surface area contributed by atoms with E-state index in [0.717, 1.165) is 6.42 Å². The summed E-state index contributed by atoms with van der Waals surface area (Å²) in [4.78, 5) is 24.2. The van der Waals surface area contributed by atoms with Crippen LogP contribution >= 0.6 is 11.6 Å². The molecule has 5 heteroatoms. The van der Waals surface area contributed by atoms with E-state index in [9.17, 15) is 14.7 Å². The van der Waals surface area contributed by atoms with Gasteiger partial charge in [0.05, 0.1) is 5.92 Å². The van der Waals surface area contributed by atoms with Crippen molar-refractivity contribution >= 4 is 29.2 Å². The van der Waals surface area contributed by atoms with Crippen LogP contribution in [-0.2, 0) is 9.59 Å². The molecule has 1 aromatic rings. The molecule has 6 unspecified atom stereocenters. The minimum Gasteiger partial charge on any atom is -0.550 e. The number of hydrogen-bond acceptors (Lipinski definition) is 3. The highest BCUT2D eigenvalue weighted by Gasteiger charge is 2.61. The summed E-state index contributed by atoms with van der Waals surface area (Å²) in [6.45, 7) is 0. The maximum absolute atomic E-state index is 12.7. The van der Waals surface area contributed by atoms with Crippen LogP contribution in [0, 0.1) is 35.5 Å². The first kappa shape index (κ1) is 13.8. The first-order chi connectivity index (χ1) is 10.6. The molecule has 4 aliphatic carbocycles. The molecule has 0 saturated heterocycles. The fourth-order valence-electron chi connectivity index (χ4n) is 4.31. The number of nitrogens with one attached hydrogen (secondary N) is 1. The van der Waals surface area contributed by atoms with Crippen LogP contribution in [0.1, 0.15) is 6.42 Å². The van der Waals surface area contributed by atoms with E-state index in [-0.39, 0.29) is 17.7 Å². The first-order valence-corrected chi connectivity index (χ1v) is 7.89. The van der Waals surface area contributed by atoms with Gasteiger partial charge in [0.15, 0.2) is 0 Å². The minimum atomic E-state index is -1.11. The van der Waals surface area contributed by atoms with E-state index in [0.29, 0.717) is 22.5 Å².